The van der Waals surface area contributed by atoms with E-state index in [4.69, 9.17) is 4.74 Å². The predicted octanol–water partition coefficient (Wildman–Crippen LogP) is 1.39. The van der Waals surface area contributed by atoms with Gasteiger partial charge in [0.25, 0.3) is 5.69 Å². The standard InChI is InChI=1S/C19H21N5O5S/c1-29-15-8-2-12(3-9-15)10-16-18(26)21-19(23-22-16)30-11-17(25)20-13-4-6-14(7-5-13)24(27)28/h2-9,16,19,22-23H,10-11H2,1H3,(H,20,25)(H,21,26). The molecule has 0 bridgehead atoms. The Kier molecular flexibility index (Phi) is 7.22. The summed E-state index contributed by atoms with van der Waals surface area (Å²) in [5.41, 5.74) is 6.89. The van der Waals surface area contributed by atoms with Crippen LogP contribution >= 0.6 is 11.8 Å². The van der Waals surface area contributed by atoms with Crippen molar-refractivity contribution in [3.05, 3.63) is 64.2 Å². The summed E-state index contributed by atoms with van der Waals surface area (Å²) < 4.78 is 5.12. The number of amides is 2. The number of anilines is 1. The first-order valence-electron chi connectivity index (χ1n) is 9.05. The van der Waals surface area contributed by atoms with Crippen molar-refractivity contribution in [2.24, 2.45) is 0 Å². The van der Waals surface area contributed by atoms with E-state index in [1.165, 1.54) is 36.0 Å². The van der Waals surface area contributed by atoms with Crippen molar-refractivity contribution in [2.75, 3.05) is 18.2 Å². The molecule has 1 saturated heterocycles. The first-order valence-corrected chi connectivity index (χ1v) is 10.1. The second kappa shape index (κ2) is 10.1. The molecule has 2 aromatic carbocycles. The Bertz CT molecular complexity index is 907. The van der Waals surface area contributed by atoms with Gasteiger partial charge in [0, 0.05) is 17.8 Å². The largest absolute Gasteiger partial charge is 0.497 e. The van der Waals surface area contributed by atoms with Gasteiger partial charge in [0.2, 0.25) is 11.8 Å². The second-order valence-electron chi connectivity index (χ2n) is 6.45. The number of nitro groups is 1. The van der Waals surface area contributed by atoms with Crippen LogP contribution in [0.4, 0.5) is 11.4 Å². The van der Waals surface area contributed by atoms with Gasteiger partial charge in [-0.15, -0.1) is 11.8 Å². The summed E-state index contributed by atoms with van der Waals surface area (Å²) in [6.07, 6.45) is 0.501. The SMILES string of the molecule is COc1ccc(CC2NNC(SCC(=O)Nc3ccc([N+](=O)[O-])cc3)NC2=O)cc1. The van der Waals surface area contributed by atoms with Crippen LogP contribution in [-0.2, 0) is 16.0 Å². The fourth-order valence-corrected chi connectivity index (χ4v) is 3.50. The van der Waals surface area contributed by atoms with Crippen LogP contribution in [0.15, 0.2) is 48.5 Å². The Morgan fingerprint density at radius 2 is 1.87 bits per heavy atom. The number of nitrogens with zero attached hydrogens (tertiary/aromatic N) is 1. The molecule has 10 nitrogen and oxygen atoms in total. The minimum absolute atomic E-state index is 0.0493. The lowest BCUT2D eigenvalue weighted by Crippen LogP contribution is -2.64. The molecule has 0 aliphatic carbocycles. The maximum atomic E-state index is 12.3. The summed E-state index contributed by atoms with van der Waals surface area (Å²) in [4.78, 5) is 34.6. The number of ether oxygens (including phenoxy) is 1. The van der Waals surface area contributed by atoms with Crippen molar-refractivity contribution in [3.8, 4) is 5.75 Å². The zero-order valence-electron chi connectivity index (χ0n) is 16.1. The number of hydrogen-bond acceptors (Lipinski definition) is 8. The summed E-state index contributed by atoms with van der Waals surface area (Å²) in [6.45, 7) is 0. The highest BCUT2D eigenvalue weighted by Crippen LogP contribution is 2.17. The number of carbonyl (C=O) groups excluding carboxylic acids is 2. The summed E-state index contributed by atoms with van der Waals surface area (Å²) in [6, 6.07) is 12.6. The molecule has 2 amide bonds. The fourth-order valence-electron chi connectivity index (χ4n) is 2.75. The zero-order valence-corrected chi connectivity index (χ0v) is 16.9. The Hall–Kier alpha value is -3.15. The highest BCUT2D eigenvalue weighted by Gasteiger charge is 2.27. The molecule has 0 radical (unpaired) electrons. The molecule has 3 rings (SSSR count). The van der Waals surface area contributed by atoms with E-state index in [1.807, 2.05) is 24.3 Å². The molecule has 1 fully saturated rings. The highest BCUT2D eigenvalue weighted by atomic mass is 32.2. The molecule has 2 aromatic rings. The highest BCUT2D eigenvalue weighted by molar-refractivity contribution is 8.00. The summed E-state index contributed by atoms with van der Waals surface area (Å²) in [5.74, 6) is 0.379. The zero-order chi connectivity index (χ0) is 21.5. The Morgan fingerprint density at radius 1 is 1.17 bits per heavy atom. The second-order valence-corrected chi connectivity index (χ2v) is 7.54. The van der Waals surface area contributed by atoms with Crippen molar-refractivity contribution < 1.29 is 19.2 Å². The van der Waals surface area contributed by atoms with Crippen LogP contribution in [0.5, 0.6) is 5.75 Å². The Morgan fingerprint density at radius 3 is 2.47 bits per heavy atom. The predicted molar refractivity (Wildman–Crippen MR) is 113 cm³/mol. The van der Waals surface area contributed by atoms with Crippen LogP contribution in [0.2, 0.25) is 0 Å². The molecule has 1 heterocycles. The lowest BCUT2D eigenvalue weighted by atomic mass is 10.1. The molecule has 30 heavy (non-hydrogen) atoms. The molecule has 4 N–H and O–H groups in total. The van der Waals surface area contributed by atoms with Crippen LogP contribution in [-0.4, -0.2) is 41.1 Å². The van der Waals surface area contributed by atoms with E-state index in [2.05, 4.69) is 21.5 Å². The van der Waals surface area contributed by atoms with Gasteiger partial charge in [-0.05, 0) is 36.2 Å². The van der Waals surface area contributed by atoms with Gasteiger partial charge in [-0.25, -0.2) is 10.9 Å². The molecule has 2 atom stereocenters. The number of hydrazine groups is 1. The van der Waals surface area contributed by atoms with Crippen molar-refractivity contribution in [3.63, 3.8) is 0 Å². The fraction of sp³-hybridized carbons (Fsp3) is 0.263. The third kappa shape index (κ3) is 5.92. The topological polar surface area (TPSA) is 135 Å². The molecule has 0 spiro atoms. The van der Waals surface area contributed by atoms with Gasteiger partial charge in [0.15, 0.2) is 0 Å². The van der Waals surface area contributed by atoms with Gasteiger partial charge in [-0.2, -0.15) is 0 Å². The lowest BCUT2D eigenvalue weighted by Gasteiger charge is -2.31. The lowest BCUT2D eigenvalue weighted by molar-refractivity contribution is -0.384. The summed E-state index contributed by atoms with van der Waals surface area (Å²) in [7, 11) is 1.60. The monoisotopic (exact) mass is 431 g/mol. The molecule has 0 saturated carbocycles. The Labute approximate surface area is 176 Å². The summed E-state index contributed by atoms with van der Waals surface area (Å²) in [5, 5.41) is 16.1. The Balaban J connectivity index is 1.42. The molecule has 158 valence electrons. The van der Waals surface area contributed by atoms with Crippen LogP contribution in [0.1, 0.15) is 5.56 Å². The molecule has 2 unspecified atom stereocenters. The average molecular weight is 431 g/mol. The van der Waals surface area contributed by atoms with Crippen LogP contribution < -0.4 is 26.2 Å². The molecular weight excluding hydrogens is 410 g/mol. The van der Waals surface area contributed by atoms with Crippen LogP contribution in [0, 0.1) is 10.1 Å². The van der Waals surface area contributed by atoms with Gasteiger partial charge in [0.05, 0.1) is 17.8 Å². The van der Waals surface area contributed by atoms with E-state index in [0.29, 0.717) is 12.1 Å². The maximum absolute atomic E-state index is 12.3. The third-order valence-corrected chi connectivity index (χ3v) is 5.32. The normalized spacial score (nSPS) is 18.4. The summed E-state index contributed by atoms with van der Waals surface area (Å²) >= 11 is 1.21. The number of benzene rings is 2. The number of nitro benzene ring substituents is 1. The molecule has 1 aliphatic rings. The quantitative estimate of drug-likeness (QED) is 0.364. The molecule has 0 aromatic heterocycles. The van der Waals surface area contributed by atoms with Crippen molar-refractivity contribution >= 4 is 35.0 Å². The molecule has 11 heteroatoms. The van der Waals surface area contributed by atoms with Crippen molar-refractivity contribution in [1.29, 1.82) is 0 Å². The number of hydrogen-bond donors (Lipinski definition) is 4. The van der Waals surface area contributed by atoms with Crippen LogP contribution in [0.25, 0.3) is 0 Å². The number of non-ortho nitro benzene ring substituents is 1. The number of carbonyl (C=O) groups is 2. The molecule has 1 aliphatic heterocycles. The maximum Gasteiger partial charge on any atom is 0.269 e. The minimum Gasteiger partial charge on any atom is -0.497 e. The number of methoxy groups -OCH3 is 1. The smallest absolute Gasteiger partial charge is 0.269 e. The number of thioether (sulfide) groups is 1. The van der Waals surface area contributed by atoms with Gasteiger partial charge in [-0.3, -0.25) is 19.7 Å². The van der Waals surface area contributed by atoms with Gasteiger partial charge in [-0.1, -0.05) is 12.1 Å². The third-order valence-electron chi connectivity index (χ3n) is 4.32. The van der Waals surface area contributed by atoms with E-state index in [9.17, 15) is 19.7 Å². The van der Waals surface area contributed by atoms with Crippen molar-refractivity contribution in [1.82, 2.24) is 16.2 Å². The van der Waals surface area contributed by atoms with Gasteiger partial charge >= 0.3 is 0 Å². The van der Waals surface area contributed by atoms with E-state index >= 15 is 0 Å². The van der Waals surface area contributed by atoms with E-state index in [1.54, 1.807) is 7.11 Å². The number of nitrogens with one attached hydrogen (secondary N) is 4. The first-order chi connectivity index (χ1) is 14.4. The number of rotatable bonds is 8. The first kappa shape index (κ1) is 21.6. The van der Waals surface area contributed by atoms with E-state index < -0.39 is 16.5 Å². The minimum atomic E-state index is -0.506. The van der Waals surface area contributed by atoms with E-state index in [0.717, 1.165) is 11.3 Å². The van der Waals surface area contributed by atoms with Crippen LogP contribution in [0.3, 0.4) is 0 Å². The van der Waals surface area contributed by atoms with E-state index in [-0.39, 0.29) is 23.3 Å². The average Bonchev–Trinajstić information content (AvgIpc) is 2.75. The van der Waals surface area contributed by atoms with Crippen molar-refractivity contribution in [2.45, 2.75) is 18.0 Å². The molecular formula is C19H21N5O5S. The van der Waals surface area contributed by atoms with Gasteiger partial charge in [0.1, 0.15) is 17.3 Å². The van der Waals surface area contributed by atoms with Gasteiger partial charge < -0.3 is 15.4 Å².